The van der Waals surface area contributed by atoms with Gasteiger partial charge >= 0.3 is 0 Å². The SMILES string of the molecule is CCOCCCN1CCC(NCC(=O)N2c3ccccc3CCc3ccccc32)C(C)C1. The topological polar surface area (TPSA) is 44.8 Å². The van der Waals surface area contributed by atoms with Gasteiger partial charge in [-0.25, -0.2) is 0 Å². The summed E-state index contributed by atoms with van der Waals surface area (Å²) >= 11 is 0. The van der Waals surface area contributed by atoms with E-state index >= 15 is 0 Å². The molecule has 0 spiro atoms. The Labute approximate surface area is 192 Å². The maximum absolute atomic E-state index is 13.5. The molecule has 5 nitrogen and oxygen atoms in total. The number of likely N-dealkylation sites (tertiary alicyclic amines) is 1. The van der Waals surface area contributed by atoms with E-state index in [0.717, 1.165) is 69.9 Å². The average Bonchev–Trinajstić information content (AvgIpc) is 2.98. The number of nitrogens with one attached hydrogen (secondary N) is 1. The van der Waals surface area contributed by atoms with Crippen molar-refractivity contribution in [2.45, 2.75) is 45.6 Å². The van der Waals surface area contributed by atoms with Gasteiger partial charge in [-0.15, -0.1) is 0 Å². The van der Waals surface area contributed by atoms with E-state index in [0.29, 0.717) is 18.5 Å². The molecule has 1 N–H and O–H groups in total. The number of hydrogen-bond donors (Lipinski definition) is 1. The molecule has 172 valence electrons. The number of hydrogen-bond acceptors (Lipinski definition) is 4. The van der Waals surface area contributed by atoms with Crippen LogP contribution in [0.4, 0.5) is 11.4 Å². The van der Waals surface area contributed by atoms with Crippen LogP contribution < -0.4 is 10.2 Å². The number of nitrogens with zero attached hydrogens (tertiary/aromatic N) is 2. The van der Waals surface area contributed by atoms with Crippen molar-refractivity contribution >= 4 is 17.3 Å². The molecule has 2 aromatic rings. The molecule has 2 aliphatic heterocycles. The van der Waals surface area contributed by atoms with Crippen LogP contribution in [-0.2, 0) is 22.4 Å². The Morgan fingerprint density at radius 1 is 1.06 bits per heavy atom. The third-order valence-corrected chi connectivity index (χ3v) is 6.85. The van der Waals surface area contributed by atoms with Crippen molar-refractivity contribution in [3.05, 3.63) is 59.7 Å². The van der Waals surface area contributed by atoms with Crippen LogP contribution in [0.2, 0.25) is 0 Å². The number of ether oxygens (including phenoxy) is 1. The highest BCUT2D eigenvalue weighted by Gasteiger charge is 2.29. The van der Waals surface area contributed by atoms with E-state index in [1.165, 1.54) is 11.1 Å². The molecule has 1 saturated heterocycles. The fourth-order valence-electron chi connectivity index (χ4n) is 5.12. The van der Waals surface area contributed by atoms with Gasteiger partial charge in [-0.2, -0.15) is 0 Å². The smallest absolute Gasteiger partial charge is 0.245 e. The number of carbonyl (C=O) groups is 1. The summed E-state index contributed by atoms with van der Waals surface area (Å²) in [4.78, 5) is 18.0. The summed E-state index contributed by atoms with van der Waals surface area (Å²) in [6.07, 6.45) is 4.09. The van der Waals surface area contributed by atoms with Gasteiger partial charge < -0.3 is 15.0 Å². The summed E-state index contributed by atoms with van der Waals surface area (Å²) in [7, 11) is 0. The molecule has 2 atom stereocenters. The number of aryl methyl sites for hydroxylation is 2. The Morgan fingerprint density at radius 2 is 1.72 bits per heavy atom. The van der Waals surface area contributed by atoms with Gasteiger partial charge in [0.2, 0.25) is 5.91 Å². The van der Waals surface area contributed by atoms with E-state index in [1.54, 1.807) is 0 Å². The van der Waals surface area contributed by atoms with Gasteiger partial charge in [0, 0.05) is 32.3 Å². The first kappa shape index (κ1) is 23.0. The lowest BCUT2D eigenvalue weighted by Gasteiger charge is -2.37. The van der Waals surface area contributed by atoms with Crippen LogP contribution in [0.3, 0.4) is 0 Å². The van der Waals surface area contributed by atoms with Gasteiger partial charge in [0.05, 0.1) is 17.9 Å². The highest BCUT2D eigenvalue weighted by atomic mass is 16.5. The number of para-hydroxylation sites is 2. The molecular weight excluding hydrogens is 398 g/mol. The summed E-state index contributed by atoms with van der Waals surface area (Å²) in [6.45, 7) is 9.60. The number of anilines is 2. The van der Waals surface area contributed by atoms with Crippen LogP contribution in [0.1, 0.15) is 37.8 Å². The Bertz CT molecular complexity index is 852. The quantitative estimate of drug-likeness (QED) is 0.632. The fraction of sp³-hybridized carbons (Fsp3) is 0.519. The first-order valence-corrected chi connectivity index (χ1v) is 12.2. The van der Waals surface area contributed by atoms with Gasteiger partial charge in [0.1, 0.15) is 0 Å². The number of benzene rings is 2. The summed E-state index contributed by atoms with van der Waals surface area (Å²) < 4.78 is 5.47. The molecule has 2 aromatic carbocycles. The molecule has 0 aliphatic carbocycles. The highest BCUT2D eigenvalue weighted by molar-refractivity contribution is 6.03. The number of piperidine rings is 1. The van der Waals surface area contributed by atoms with Gasteiger partial charge in [-0.1, -0.05) is 43.3 Å². The summed E-state index contributed by atoms with van der Waals surface area (Å²) in [6, 6.07) is 17.0. The van der Waals surface area contributed by atoms with E-state index in [4.69, 9.17) is 4.74 Å². The van der Waals surface area contributed by atoms with E-state index in [1.807, 2.05) is 24.0 Å². The Hall–Kier alpha value is -2.21. The lowest BCUT2D eigenvalue weighted by molar-refractivity contribution is -0.117. The maximum atomic E-state index is 13.5. The first-order chi connectivity index (χ1) is 15.7. The summed E-state index contributed by atoms with van der Waals surface area (Å²) in [5.41, 5.74) is 4.54. The normalized spacial score (nSPS) is 21.0. The Balaban J connectivity index is 1.39. The largest absolute Gasteiger partial charge is 0.382 e. The number of fused-ring (bicyclic) bond motifs is 2. The van der Waals surface area contributed by atoms with Crippen LogP contribution in [0.25, 0.3) is 0 Å². The first-order valence-electron chi connectivity index (χ1n) is 12.2. The van der Waals surface area contributed by atoms with Crippen molar-refractivity contribution < 1.29 is 9.53 Å². The van der Waals surface area contributed by atoms with Gasteiger partial charge in [-0.3, -0.25) is 9.69 Å². The zero-order valence-electron chi connectivity index (χ0n) is 19.6. The van der Waals surface area contributed by atoms with Crippen molar-refractivity contribution in [3.63, 3.8) is 0 Å². The predicted octanol–water partition coefficient (Wildman–Crippen LogP) is 4.18. The molecule has 4 rings (SSSR count). The third-order valence-electron chi connectivity index (χ3n) is 6.85. The lowest BCUT2D eigenvalue weighted by atomic mass is 9.93. The zero-order chi connectivity index (χ0) is 22.3. The predicted molar refractivity (Wildman–Crippen MR) is 131 cm³/mol. The molecule has 32 heavy (non-hydrogen) atoms. The van der Waals surface area contributed by atoms with E-state index in [2.05, 4.69) is 53.5 Å². The molecule has 0 bridgehead atoms. The fourth-order valence-corrected chi connectivity index (χ4v) is 5.12. The van der Waals surface area contributed by atoms with Crippen molar-refractivity contribution in [2.24, 2.45) is 5.92 Å². The average molecular weight is 436 g/mol. The summed E-state index contributed by atoms with van der Waals surface area (Å²) in [5, 5.41) is 3.60. The Morgan fingerprint density at radius 3 is 2.34 bits per heavy atom. The van der Waals surface area contributed by atoms with Crippen molar-refractivity contribution in [3.8, 4) is 0 Å². The molecule has 2 aliphatic rings. The second-order valence-electron chi connectivity index (χ2n) is 9.09. The Kier molecular flexibility index (Phi) is 7.95. The maximum Gasteiger partial charge on any atom is 0.245 e. The molecule has 1 amide bonds. The number of rotatable bonds is 8. The minimum atomic E-state index is 0.123. The highest BCUT2D eigenvalue weighted by Crippen LogP contribution is 2.35. The molecule has 2 heterocycles. The zero-order valence-corrected chi connectivity index (χ0v) is 19.6. The molecule has 0 saturated carbocycles. The second kappa shape index (κ2) is 11.1. The molecule has 2 unspecified atom stereocenters. The molecular formula is C27H37N3O2. The molecule has 5 heteroatoms. The minimum Gasteiger partial charge on any atom is -0.382 e. The van der Waals surface area contributed by atoms with Crippen molar-refractivity contribution in [1.29, 1.82) is 0 Å². The summed E-state index contributed by atoms with van der Waals surface area (Å²) in [5.74, 6) is 0.644. The van der Waals surface area contributed by atoms with Crippen LogP contribution in [0, 0.1) is 5.92 Å². The standard InChI is InChI=1S/C27H37N3O2/c1-3-32-18-8-16-29-17-15-24(21(2)20-29)28-19-27(31)30-25-11-6-4-9-22(25)13-14-23-10-5-7-12-26(23)30/h4-7,9-12,21,24,28H,3,8,13-20H2,1-2H3. The second-order valence-corrected chi connectivity index (χ2v) is 9.09. The minimum absolute atomic E-state index is 0.123. The van der Waals surface area contributed by atoms with Gasteiger partial charge in [0.15, 0.2) is 0 Å². The molecule has 1 fully saturated rings. The van der Waals surface area contributed by atoms with Crippen molar-refractivity contribution in [1.82, 2.24) is 10.2 Å². The van der Waals surface area contributed by atoms with Crippen LogP contribution in [0.15, 0.2) is 48.5 Å². The van der Waals surface area contributed by atoms with Gasteiger partial charge in [-0.05, 0) is 68.3 Å². The monoisotopic (exact) mass is 435 g/mol. The van der Waals surface area contributed by atoms with Crippen LogP contribution in [0.5, 0.6) is 0 Å². The number of amides is 1. The molecule has 0 radical (unpaired) electrons. The lowest BCUT2D eigenvalue weighted by Crippen LogP contribution is -2.50. The molecule has 0 aromatic heterocycles. The van der Waals surface area contributed by atoms with Crippen LogP contribution >= 0.6 is 0 Å². The number of carbonyl (C=O) groups excluding carboxylic acids is 1. The van der Waals surface area contributed by atoms with E-state index in [-0.39, 0.29) is 5.91 Å². The van der Waals surface area contributed by atoms with E-state index < -0.39 is 0 Å². The third kappa shape index (κ3) is 5.40. The van der Waals surface area contributed by atoms with E-state index in [9.17, 15) is 4.79 Å². The van der Waals surface area contributed by atoms with Crippen LogP contribution in [-0.4, -0.2) is 56.2 Å². The van der Waals surface area contributed by atoms with Crippen molar-refractivity contribution in [2.75, 3.05) is 44.3 Å². The van der Waals surface area contributed by atoms with Gasteiger partial charge in [0.25, 0.3) is 0 Å².